The van der Waals surface area contributed by atoms with E-state index in [0.29, 0.717) is 74.7 Å². The van der Waals surface area contributed by atoms with E-state index in [1.807, 2.05) is 50.1 Å². The smallest absolute Gasteiger partial charge is 0.194 e. The molecule has 234 valence electrons. The van der Waals surface area contributed by atoms with Crippen molar-refractivity contribution in [2.75, 3.05) is 28.7 Å². The van der Waals surface area contributed by atoms with E-state index in [0.717, 1.165) is 17.1 Å². The molecule has 47 heavy (non-hydrogen) atoms. The molecule has 5 aromatic rings. The van der Waals surface area contributed by atoms with Gasteiger partial charge < -0.3 is 21.7 Å². The molecular weight excluding hydrogens is 590 g/mol. The number of nitrogens with zero attached hydrogens (tertiary/aromatic N) is 2. The van der Waals surface area contributed by atoms with Gasteiger partial charge >= 0.3 is 0 Å². The quantitative estimate of drug-likeness (QED) is 0.188. The van der Waals surface area contributed by atoms with Crippen molar-refractivity contribution < 1.29 is 19.2 Å². The first-order chi connectivity index (χ1) is 22.7. The van der Waals surface area contributed by atoms with Crippen molar-refractivity contribution >= 4 is 45.9 Å². The lowest BCUT2D eigenvalue weighted by molar-refractivity contribution is 0.0979. The van der Waals surface area contributed by atoms with Crippen LogP contribution in [0.4, 0.5) is 22.7 Å². The third kappa shape index (κ3) is 5.63. The fourth-order valence-electron chi connectivity index (χ4n) is 5.91. The Bertz CT molecular complexity index is 2120. The van der Waals surface area contributed by atoms with Crippen LogP contribution in [0.25, 0.3) is 0 Å². The number of pyridine rings is 1. The van der Waals surface area contributed by atoms with Crippen molar-refractivity contribution in [3.05, 3.63) is 147 Å². The lowest BCUT2D eigenvalue weighted by Gasteiger charge is -2.23. The number of carbonyl (C=O) groups excluding carboxylic acids is 4. The molecule has 5 N–H and O–H groups in total. The van der Waals surface area contributed by atoms with E-state index >= 15 is 0 Å². The van der Waals surface area contributed by atoms with Crippen LogP contribution in [-0.2, 0) is 13.1 Å². The molecule has 0 bridgehead atoms. The minimum atomic E-state index is -0.221. The van der Waals surface area contributed by atoms with Crippen LogP contribution in [0.3, 0.4) is 0 Å². The molecule has 0 fully saturated rings. The molecule has 0 spiro atoms. The number of nitrogen functional groups attached to an aromatic ring is 2. The Kier molecular flexibility index (Phi) is 8.13. The summed E-state index contributed by atoms with van der Waals surface area (Å²) in [7, 11) is 1.90. The van der Waals surface area contributed by atoms with Gasteiger partial charge in [0.25, 0.3) is 0 Å². The van der Waals surface area contributed by atoms with Gasteiger partial charge in [-0.2, -0.15) is 0 Å². The van der Waals surface area contributed by atoms with Gasteiger partial charge in [0.1, 0.15) is 0 Å². The molecule has 0 unspecified atom stereocenters. The Labute approximate surface area is 272 Å². The summed E-state index contributed by atoms with van der Waals surface area (Å²) in [5.41, 5.74) is 18.4. The Balaban J connectivity index is 0.00000190. The second kappa shape index (κ2) is 12.4. The lowest BCUT2D eigenvalue weighted by Crippen LogP contribution is -2.23. The fourth-order valence-corrected chi connectivity index (χ4v) is 5.91. The summed E-state index contributed by atoms with van der Waals surface area (Å²) >= 11 is 0. The Hall–Kier alpha value is -6.09. The maximum absolute atomic E-state index is 13.2. The van der Waals surface area contributed by atoms with E-state index in [1.165, 1.54) is 0 Å². The SMILES string of the molecule is CC.CN(Cc1cccc(CNc2ccc3c(c2)C(=O)c2ccc(N)cc2C3=O)n1)c1ccc2c(c1)C(=O)c1ccc(N)cc1C2=O. The van der Waals surface area contributed by atoms with Gasteiger partial charge in [-0.1, -0.05) is 19.9 Å². The van der Waals surface area contributed by atoms with Crippen molar-refractivity contribution in [1.82, 2.24) is 4.98 Å². The number of anilines is 4. The average Bonchev–Trinajstić information content (AvgIpc) is 3.09. The Morgan fingerprint density at radius 3 is 1.62 bits per heavy atom. The van der Waals surface area contributed by atoms with Crippen LogP contribution in [-0.4, -0.2) is 35.2 Å². The standard InChI is InChI=1S/C36H27N5O4.C2H6/c1-41(24-8-12-28-32(16-24)36(45)26-10-6-20(38)14-30(26)34(28)43)18-23-4-2-3-22(40-23)17-39-21-7-11-27-31(15-21)35(44)25-9-5-19(37)13-29(25)33(27)42;1-2/h2-16,39H,17-18,37-38H2,1H3;1-2H3. The zero-order valence-corrected chi connectivity index (χ0v) is 26.3. The molecule has 0 amide bonds. The molecule has 9 nitrogen and oxygen atoms in total. The van der Waals surface area contributed by atoms with E-state index in [1.54, 1.807) is 66.7 Å². The number of fused-ring (bicyclic) bond motifs is 4. The van der Waals surface area contributed by atoms with Gasteiger partial charge in [0, 0.05) is 74.3 Å². The van der Waals surface area contributed by atoms with Crippen LogP contribution >= 0.6 is 0 Å². The van der Waals surface area contributed by atoms with Gasteiger partial charge in [-0.15, -0.1) is 0 Å². The summed E-state index contributed by atoms with van der Waals surface area (Å²) in [5, 5.41) is 3.31. The minimum Gasteiger partial charge on any atom is -0.399 e. The summed E-state index contributed by atoms with van der Waals surface area (Å²) < 4.78 is 0. The van der Waals surface area contributed by atoms with Gasteiger partial charge in [0.2, 0.25) is 0 Å². The summed E-state index contributed by atoms with van der Waals surface area (Å²) in [4.78, 5) is 59.2. The topological polar surface area (TPSA) is 148 Å². The van der Waals surface area contributed by atoms with Gasteiger partial charge in [-0.3, -0.25) is 24.2 Å². The van der Waals surface area contributed by atoms with Crippen LogP contribution in [0, 0.1) is 0 Å². The lowest BCUT2D eigenvalue weighted by atomic mass is 9.83. The Morgan fingerprint density at radius 2 is 1.04 bits per heavy atom. The fraction of sp³-hybridized carbons (Fsp3) is 0.132. The van der Waals surface area contributed by atoms with Gasteiger partial charge in [-0.05, 0) is 84.9 Å². The summed E-state index contributed by atoms with van der Waals surface area (Å²) in [6.45, 7) is 4.85. The zero-order chi connectivity index (χ0) is 33.4. The molecule has 0 saturated carbocycles. The maximum atomic E-state index is 13.2. The second-order valence-electron chi connectivity index (χ2n) is 11.2. The largest absolute Gasteiger partial charge is 0.399 e. The molecule has 0 saturated heterocycles. The van der Waals surface area contributed by atoms with E-state index in [-0.39, 0.29) is 23.1 Å². The molecule has 1 heterocycles. The van der Waals surface area contributed by atoms with E-state index in [2.05, 4.69) is 5.32 Å². The summed E-state index contributed by atoms with van der Waals surface area (Å²) in [5.74, 6) is -0.855. The normalized spacial score (nSPS) is 12.7. The number of aromatic nitrogens is 1. The first-order valence-electron chi connectivity index (χ1n) is 15.3. The van der Waals surface area contributed by atoms with Gasteiger partial charge in [0.15, 0.2) is 23.1 Å². The number of ketones is 4. The molecule has 7 rings (SSSR count). The highest BCUT2D eigenvalue weighted by Crippen LogP contribution is 2.32. The molecule has 2 aliphatic carbocycles. The number of carbonyl (C=O) groups is 4. The third-order valence-electron chi connectivity index (χ3n) is 8.24. The first kappa shape index (κ1) is 30.9. The average molecular weight is 624 g/mol. The summed E-state index contributed by atoms with van der Waals surface area (Å²) in [6.07, 6.45) is 0. The molecule has 0 radical (unpaired) electrons. The van der Waals surface area contributed by atoms with Crippen LogP contribution in [0.1, 0.15) is 88.9 Å². The monoisotopic (exact) mass is 623 g/mol. The van der Waals surface area contributed by atoms with Gasteiger partial charge in [0.05, 0.1) is 24.5 Å². The van der Waals surface area contributed by atoms with Crippen LogP contribution in [0.2, 0.25) is 0 Å². The second-order valence-corrected chi connectivity index (χ2v) is 11.2. The number of nitrogens with two attached hydrogens (primary N) is 2. The van der Waals surface area contributed by atoms with E-state index < -0.39 is 0 Å². The molecule has 0 aliphatic heterocycles. The Morgan fingerprint density at radius 1 is 0.574 bits per heavy atom. The molecular formula is C38H33N5O4. The highest BCUT2D eigenvalue weighted by Gasteiger charge is 2.31. The molecule has 4 aromatic carbocycles. The third-order valence-corrected chi connectivity index (χ3v) is 8.24. The van der Waals surface area contributed by atoms with Crippen molar-refractivity contribution in [1.29, 1.82) is 0 Å². The predicted molar refractivity (Wildman–Crippen MR) is 183 cm³/mol. The number of benzene rings is 4. The highest BCUT2D eigenvalue weighted by molar-refractivity contribution is 6.29. The minimum absolute atomic E-state index is 0.205. The molecule has 1 aromatic heterocycles. The van der Waals surface area contributed by atoms with Crippen LogP contribution in [0.15, 0.2) is 91.0 Å². The van der Waals surface area contributed by atoms with Crippen molar-refractivity contribution in [2.24, 2.45) is 0 Å². The maximum Gasteiger partial charge on any atom is 0.194 e. The number of rotatable bonds is 6. The highest BCUT2D eigenvalue weighted by atomic mass is 16.1. The number of nitrogens with one attached hydrogen (secondary N) is 1. The van der Waals surface area contributed by atoms with Crippen molar-refractivity contribution in [3.63, 3.8) is 0 Å². The van der Waals surface area contributed by atoms with Crippen molar-refractivity contribution in [2.45, 2.75) is 26.9 Å². The summed E-state index contributed by atoms with van der Waals surface area (Å²) in [6, 6.07) is 25.7. The first-order valence-corrected chi connectivity index (χ1v) is 15.3. The van der Waals surface area contributed by atoms with Crippen LogP contribution in [0.5, 0.6) is 0 Å². The molecule has 9 heteroatoms. The molecule has 0 atom stereocenters. The van der Waals surface area contributed by atoms with Crippen LogP contribution < -0.4 is 21.7 Å². The predicted octanol–water partition coefficient (Wildman–Crippen LogP) is 6.07. The van der Waals surface area contributed by atoms with E-state index in [9.17, 15) is 19.2 Å². The number of hydrogen-bond donors (Lipinski definition) is 3. The zero-order valence-electron chi connectivity index (χ0n) is 26.3. The molecule has 2 aliphatic rings. The van der Waals surface area contributed by atoms with Crippen molar-refractivity contribution in [3.8, 4) is 0 Å². The van der Waals surface area contributed by atoms with E-state index in [4.69, 9.17) is 16.5 Å². The van der Waals surface area contributed by atoms with Gasteiger partial charge in [-0.25, -0.2) is 0 Å². The number of hydrogen-bond acceptors (Lipinski definition) is 9.